The quantitative estimate of drug-likeness (QED) is 0.253. The average Bonchev–Trinajstić information content (AvgIpc) is 3.38. The SMILES string of the molecule is c1c2cc3cc4cc5cc6cc7cc8cc1c1c2c3c2c4c5c6c7c2c81. The summed E-state index contributed by atoms with van der Waals surface area (Å²) in [6, 6.07) is 19.4. The van der Waals surface area contributed by atoms with Crippen LogP contribution in [0.5, 0.6) is 0 Å². The van der Waals surface area contributed by atoms with Gasteiger partial charge in [0.05, 0.1) is 0 Å². The third kappa shape index (κ3) is 0.725. The monoisotopic (exact) mass is 320 g/mol. The van der Waals surface area contributed by atoms with E-state index in [1.807, 2.05) is 0 Å². The van der Waals surface area contributed by atoms with E-state index in [1.54, 1.807) is 0 Å². The smallest absolute Gasteiger partial charge is 0.0000921 e. The van der Waals surface area contributed by atoms with Crippen molar-refractivity contribution in [1.82, 2.24) is 0 Å². The number of benzene rings is 4. The lowest BCUT2D eigenvalue weighted by molar-refractivity contribution is 2.06. The van der Waals surface area contributed by atoms with Gasteiger partial charge < -0.3 is 0 Å². The van der Waals surface area contributed by atoms with Gasteiger partial charge in [0.2, 0.25) is 0 Å². The summed E-state index contributed by atoms with van der Waals surface area (Å²) in [7, 11) is 0. The predicted octanol–water partition coefficient (Wildman–Crippen LogP) is 7.57. The maximum absolute atomic E-state index is 2.44. The molecule has 0 aromatic heterocycles. The van der Waals surface area contributed by atoms with Crippen molar-refractivity contribution in [3.05, 3.63) is 48.5 Å². The first-order valence-corrected chi connectivity index (χ1v) is 9.37. The Bertz CT molecular complexity index is 1780. The molecule has 10 aromatic carbocycles. The number of hydrogen-bond donors (Lipinski definition) is 0. The van der Waals surface area contributed by atoms with Gasteiger partial charge in [0, 0.05) is 0 Å². The molecule has 0 aliphatic carbocycles. The van der Waals surface area contributed by atoms with Gasteiger partial charge >= 0.3 is 0 Å². The summed E-state index contributed by atoms with van der Waals surface area (Å²) in [5.74, 6) is 0. The van der Waals surface area contributed by atoms with Crippen molar-refractivity contribution in [2.45, 2.75) is 0 Å². The van der Waals surface area contributed by atoms with Gasteiger partial charge in [-0.3, -0.25) is 0 Å². The molecule has 0 N–H and O–H groups in total. The molecule has 0 fully saturated rings. The first kappa shape index (κ1) is 10.6. The lowest BCUT2D eigenvalue weighted by atomic mass is 9.88. The van der Waals surface area contributed by atoms with E-state index in [-0.39, 0.29) is 0 Å². The van der Waals surface area contributed by atoms with Crippen LogP contribution in [0.1, 0.15) is 0 Å². The molecule has 0 aliphatic heterocycles. The summed E-state index contributed by atoms with van der Waals surface area (Å²) in [5, 5.41) is 26.6. The van der Waals surface area contributed by atoms with E-state index < -0.39 is 0 Å². The van der Waals surface area contributed by atoms with Crippen LogP contribution >= 0.6 is 0 Å². The fourth-order valence-corrected chi connectivity index (χ4v) is 6.89. The normalized spacial score (nSPS) is 14.9. The molecule has 0 saturated carbocycles. The molecule has 0 aliphatic rings. The summed E-state index contributed by atoms with van der Waals surface area (Å²) in [4.78, 5) is 0. The van der Waals surface area contributed by atoms with Gasteiger partial charge in [0.15, 0.2) is 0 Å². The number of hydrogen-bond acceptors (Lipinski definition) is 0. The molecule has 0 heteroatoms. The van der Waals surface area contributed by atoms with Crippen LogP contribution in [0.2, 0.25) is 0 Å². The minimum atomic E-state index is 1.43. The van der Waals surface area contributed by atoms with Crippen molar-refractivity contribution in [3.63, 3.8) is 0 Å². The molecule has 0 saturated heterocycles. The Labute approximate surface area is 145 Å². The highest BCUT2D eigenvalue weighted by Gasteiger charge is 2.29. The molecule has 0 atom stereocenters. The zero-order valence-electron chi connectivity index (χ0n) is 13.6. The molecule has 26 heavy (non-hydrogen) atoms. The van der Waals surface area contributed by atoms with Crippen molar-refractivity contribution in [2.24, 2.45) is 0 Å². The minimum absolute atomic E-state index is 1.43. The summed E-state index contributed by atoms with van der Waals surface area (Å²) < 4.78 is 0. The third-order valence-electron chi connectivity index (χ3n) is 7.55. The van der Waals surface area contributed by atoms with Crippen LogP contribution in [-0.2, 0) is 0 Å². The van der Waals surface area contributed by atoms with Crippen molar-refractivity contribution in [2.75, 3.05) is 0 Å². The van der Waals surface area contributed by atoms with Crippen molar-refractivity contribution >= 4 is 97.0 Å². The molecule has 0 amide bonds. The van der Waals surface area contributed by atoms with E-state index in [0.29, 0.717) is 0 Å². The van der Waals surface area contributed by atoms with Crippen molar-refractivity contribution in [1.29, 1.82) is 0 Å². The van der Waals surface area contributed by atoms with Crippen LogP contribution < -0.4 is 0 Å². The Kier molecular flexibility index (Phi) is 1.09. The van der Waals surface area contributed by atoms with Crippen molar-refractivity contribution < 1.29 is 0 Å². The molecular weight excluding hydrogens is 312 g/mol. The molecule has 112 valence electrons. The van der Waals surface area contributed by atoms with Crippen LogP contribution in [0.3, 0.4) is 0 Å². The maximum atomic E-state index is 2.44. The first-order valence-electron chi connectivity index (χ1n) is 9.37. The van der Waals surface area contributed by atoms with Gasteiger partial charge in [-0.25, -0.2) is 0 Å². The van der Waals surface area contributed by atoms with E-state index in [0.717, 1.165) is 0 Å². The standard InChI is InChI=1S/C26H8/c1-9-3-13-7-15-5-11-2-12-6-16-8-14-4-10(1)18-17(9)21(13)25-23(15)19(11)20(12)24(16)26(25)22(14)18/h1-8H. The average molecular weight is 320 g/mol. The van der Waals surface area contributed by atoms with Gasteiger partial charge in [-0.1, -0.05) is 0 Å². The van der Waals surface area contributed by atoms with Gasteiger partial charge in [0.1, 0.15) is 0 Å². The summed E-state index contributed by atoms with van der Waals surface area (Å²) in [5.41, 5.74) is 0. The molecule has 0 heterocycles. The second-order valence-corrected chi connectivity index (χ2v) is 8.55. The largest absolute Gasteiger partial charge is 0.0464 e. The highest BCUT2D eigenvalue weighted by molar-refractivity contribution is 6.56. The first-order chi connectivity index (χ1) is 12.9. The van der Waals surface area contributed by atoms with Crippen LogP contribution in [0.25, 0.3) is 97.0 Å². The fourth-order valence-electron chi connectivity index (χ4n) is 6.89. The zero-order valence-corrected chi connectivity index (χ0v) is 13.6. The summed E-state index contributed by atoms with van der Waals surface area (Å²) in [6.45, 7) is 0. The second-order valence-electron chi connectivity index (χ2n) is 8.55. The molecule has 10 rings (SSSR count). The molecule has 0 radical (unpaired) electrons. The minimum Gasteiger partial charge on any atom is -0.0464 e. The van der Waals surface area contributed by atoms with E-state index in [4.69, 9.17) is 0 Å². The van der Waals surface area contributed by atoms with E-state index in [9.17, 15) is 0 Å². The van der Waals surface area contributed by atoms with Gasteiger partial charge in [-0.15, -0.1) is 0 Å². The Morgan fingerprint density at radius 2 is 0.346 bits per heavy atom. The van der Waals surface area contributed by atoms with Crippen LogP contribution in [0.15, 0.2) is 48.5 Å². The van der Waals surface area contributed by atoms with Crippen LogP contribution in [-0.4, -0.2) is 0 Å². The van der Waals surface area contributed by atoms with Crippen LogP contribution in [0, 0.1) is 0 Å². The third-order valence-corrected chi connectivity index (χ3v) is 7.55. The Morgan fingerprint density at radius 3 is 0.538 bits per heavy atom. The Morgan fingerprint density at radius 1 is 0.192 bits per heavy atom. The highest BCUT2D eigenvalue weighted by atomic mass is 14.3. The summed E-state index contributed by atoms with van der Waals surface area (Å²) in [6.07, 6.45) is 0. The maximum Gasteiger partial charge on any atom is -0.0000921 e. The van der Waals surface area contributed by atoms with Gasteiger partial charge in [0.25, 0.3) is 0 Å². The summed E-state index contributed by atoms with van der Waals surface area (Å²) >= 11 is 0. The zero-order chi connectivity index (χ0) is 16.0. The van der Waals surface area contributed by atoms with E-state index in [2.05, 4.69) is 48.5 Å². The van der Waals surface area contributed by atoms with Gasteiger partial charge in [-0.2, -0.15) is 0 Å². The van der Waals surface area contributed by atoms with E-state index in [1.165, 1.54) is 97.0 Å². The number of rotatable bonds is 0. The lowest BCUT2D eigenvalue weighted by Crippen LogP contribution is -1.85. The van der Waals surface area contributed by atoms with Crippen molar-refractivity contribution in [3.8, 4) is 0 Å². The fraction of sp³-hybridized carbons (Fsp3) is 0. The van der Waals surface area contributed by atoms with Gasteiger partial charge in [-0.05, 0) is 145 Å². The lowest BCUT2D eigenvalue weighted by Gasteiger charge is -2.14. The highest BCUT2D eigenvalue weighted by Crippen LogP contribution is 2.58. The van der Waals surface area contributed by atoms with Crippen LogP contribution in [0.4, 0.5) is 0 Å². The Balaban J connectivity index is 1.91. The molecule has 0 unspecified atom stereocenters. The molecule has 0 nitrogen and oxygen atoms in total. The Hall–Kier alpha value is -3.38. The molecule has 0 bridgehead atoms. The molecular formula is C26H8. The topological polar surface area (TPSA) is 0 Å². The predicted molar refractivity (Wildman–Crippen MR) is 113 cm³/mol. The molecule has 0 spiro atoms. The molecule has 10 aromatic rings. The second kappa shape index (κ2) is 2.68. The van der Waals surface area contributed by atoms with E-state index >= 15 is 0 Å².